The molecule has 1 atom stereocenters. The van der Waals surface area contributed by atoms with E-state index in [0.29, 0.717) is 5.75 Å². The highest BCUT2D eigenvalue weighted by atomic mass is 16.5. The SMILES string of the molecule is C#CC(C)Oc1cncc(NC)c1. The second-order valence-corrected chi connectivity index (χ2v) is 2.59. The third kappa shape index (κ3) is 2.68. The van der Waals surface area contributed by atoms with Crippen LogP contribution in [-0.4, -0.2) is 18.1 Å². The molecule has 68 valence electrons. The molecule has 0 aliphatic carbocycles. The van der Waals surface area contributed by atoms with Gasteiger partial charge in [-0.1, -0.05) is 5.92 Å². The summed E-state index contributed by atoms with van der Waals surface area (Å²) in [4.78, 5) is 3.99. The van der Waals surface area contributed by atoms with Gasteiger partial charge in [-0.2, -0.15) is 0 Å². The maximum absolute atomic E-state index is 5.37. The van der Waals surface area contributed by atoms with Crippen LogP contribution in [0, 0.1) is 12.3 Å². The zero-order valence-corrected chi connectivity index (χ0v) is 7.74. The number of hydrogen-bond donors (Lipinski definition) is 1. The van der Waals surface area contributed by atoms with Crippen LogP contribution in [0.15, 0.2) is 18.5 Å². The Morgan fingerprint density at radius 3 is 3.00 bits per heavy atom. The lowest BCUT2D eigenvalue weighted by Crippen LogP contribution is -2.08. The Labute approximate surface area is 78.1 Å². The Bertz CT molecular complexity index is 317. The molecule has 1 heterocycles. The minimum absolute atomic E-state index is 0.228. The van der Waals surface area contributed by atoms with E-state index in [9.17, 15) is 0 Å². The first-order valence-corrected chi connectivity index (χ1v) is 4.02. The van der Waals surface area contributed by atoms with E-state index in [1.165, 1.54) is 0 Å². The van der Waals surface area contributed by atoms with Crippen LogP contribution in [0.4, 0.5) is 5.69 Å². The molecule has 0 spiro atoms. The van der Waals surface area contributed by atoms with Crippen LogP contribution in [0.25, 0.3) is 0 Å². The van der Waals surface area contributed by atoms with Crippen molar-refractivity contribution in [2.75, 3.05) is 12.4 Å². The molecule has 13 heavy (non-hydrogen) atoms. The average molecular weight is 176 g/mol. The van der Waals surface area contributed by atoms with Crippen LogP contribution in [0.3, 0.4) is 0 Å². The molecule has 0 saturated carbocycles. The Morgan fingerprint density at radius 1 is 1.62 bits per heavy atom. The van der Waals surface area contributed by atoms with E-state index in [0.717, 1.165) is 5.69 Å². The van der Waals surface area contributed by atoms with Crippen molar-refractivity contribution < 1.29 is 4.74 Å². The van der Waals surface area contributed by atoms with Crippen molar-refractivity contribution >= 4 is 5.69 Å². The second kappa shape index (κ2) is 4.36. The van der Waals surface area contributed by atoms with Crippen LogP contribution in [0.2, 0.25) is 0 Å². The second-order valence-electron chi connectivity index (χ2n) is 2.59. The molecule has 1 aromatic rings. The number of terminal acetylenes is 1. The van der Waals surface area contributed by atoms with Gasteiger partial charge >= 0.3 is 0 Å². The zero-order chi connectivity index (χ0) is 9.68. The van der Waals surface area contributed by atoms with Gasteiger partial charge in [0.05, 0.1) is 18.1 Å². The van der Waals surface area contributed by atoms with Gasteiger partial charge in [-0.25, -0.2) is 0 Å². The van der Waals surface area contributed by atoms with Crippen molar-refractivity contribution in [3.63, 3.8) is 0 Å². The largest absolute Gasteiger partial charge is 0.476 e. The maximum atomic E-state index is 5.37. The number of nitrogens with zero attached hydrogens (tertiary/aromatic N) is 1. The summed E-state index contributed by atoms with van der Waals surface area (Å²) in [5.74, 6) is 3.16. The molecule has 1 N–H and O–H groups in total. The van der Waals surface area contributed by atoms with Gasteiger partial charge in [0.25, 0.3) is 0 Å². The quantitative estimate of drug-likeness (QED) is 0.709. The average Bonchev–Trinajstić information content (AvgIpc) is 2.18. The van der Waals surface area contributed by atoms with E-state index in [1.807, 2.05) is 20.0 Å². The van der Waals surface area contributed by atoms with Gasteiger partial charge in [0.15, 0.2) is 6.10 Å². The fourth-order valence-corrected chi connectivity index (χ4v) is 0.858. The van der Waals surface area contributed by atoms with E-state index in [2.05, 4.69) is 16.2 Å². The lowest BCUT2D eigenvalue weighted by molar-refractivity contribution is 0.278. The fourth-order valence-electron chi connectivity index (χ4n) is 0.858. The third-order valence-electron chi connectivity index (χ3n) is 1.55. The summed E-state index contributed by atoms with van der Waals surface area (Å²) in [5, 5.41) is 2.96. The lowest BCUT2D eigenvalue weighted by atomic mass is 10.4. The van der Waals surface area contributed by atoms with Crippen LogP contribution in [0.1, 0.15) is 6.92 Å². The first-order valence-electron chi connectivity index (χ1n) is 4.02. The van der Waals surface area contributed by atoms with E-state index in [1.54, 1.807) is 12.4 Å². The molecule has 0 aliphatic rings. The molecule has 1 rings (SSSR count). The van der Waals surface area contributed by atoms with Gasteiger partial charge in [0.1, 0.15) is 5.75 Å². The van der Waals surface area contributed by atoms with Crippen LogP contribution in [0.5, 0.6) is 5.75 Å². The zero-order valence-electron chi connectivity index (χ0n) is 7.74. The summed E-state index contributed by atoms with van der Waals surface area (Å²) in [6.07, 6.45) is 8.30. The summed E-state index contributed by atoms with van der Waals surface area (Å²) >= 11 is 0. The third-order valence-corrected chi connectivity index (χ3v) is 1.55. The summed E-state index contributed by atoms with van der Waals surface area (Å²) < 4.78 is 5.37. The van der Waals surface area contributed by atoms with Crippen molar-refractivity contribution in [3.05, 3.63) is 18.5 Å². The van der Waals surface area contributed by atoms with Gasteiger partial charge in [-0.05, 0) is 6.92 Å². The van der Waals surface area contributed by atoms with Crippen molar-refractivity contribution in [1.82, 2.24) is 4.98 Å². The molecule has 1 aromatic heterocycles. The van der Waals surface area contributed by atoms with Crippen molar-refractivity contribution in [3.8, 4) is 18.1 Å². The monoisotopic (exact) mass is 176 g/mol. The summed E-state index contributed by atoms with van der Waals surface area (Å²) in [5.41, 5.74) is 0.904. The summed E-state index contributed by atoms with van der Waals surface area (Å²) in [7, 11) is 1.82. The number of nitrogens with one attached hydrogen (secondary N) is 1. The summed E-state index contributed by atoms with van der Waals surface area (Å²) in [6.45, 7) is 1.81. The van der Waals surface area contributed by atoms with Crippen LogP contribution >= 0.6 is 0 Å². The van der Waals surface area contributed by atoms with Crippen LogP contribution < -0.4 is 10.1 Å². The number of aromatic nitrogens is 1. The number of ether oxygens (including phenoxy) is 1. The Hall–Kier alpha value is -1.69. The van der Waals surface area contributed by atoms with Gasteiger partial charge in [-0.15, -0.1) is 6.42 Å². The molecular formula is C10H12N2O. The molecule has 0 bridgehead atoms. The van der Waals surface area contributed by atoms with Crippen LogP contribution in [-0.2, 0) is 0 Å². The van der Waals surface area contributed by atoms with Crippen molar-refractivity contribution in [2.45, 2.75) is 13.0 Å². The fraction of sp³-hybridized carbons (Fsp3) is 0.300. The minimum Gasteiger partial charge on any atom is -0.476 e. The number of anilines is 1. The van der Waals surface area contributed by atoms with Gasteiger partial charge < -0.3 is 10.1 Å². The van der Waals surface area contributed by atoms with E-state index in [4.69, 9.17) is 11.2 Å². The van der Waals surface area contributed by atoms with Gasteiger partial charge in [-0.3, -0.25) is 4.98 Å². The highest BCUT2D eigenvalue weighted by Crippen LogP contribution is 2.15. The molecule has 0 amide bonds. The highest BCUT2D eigenvalue weighted by molar-refractivity contribution is 5.44. The first kappa shape index (κ1) is 9.40. The van der Waals surface area contributed by atoms with E-state index < -0.39 is 0 Å². The van der Waals surface area contributed by atoms with Gasteiger partial charge in [0, 0.05) is 13.1 Å². The first-order chi connectivity index (χ1) is 6.26. The van der Waals surface area contributed by atoms with Crippen molar-refractivity contribution in [2.24, 2.45) is 0 Å². The minimum atomic E-state index is -0.228. The van der Waals surface area contributed by atoms with Gasteiger partial charge in [0.2, 0.25) is 0 Å². The molecular weight excluding hydrogens is 164 g/mol. The standard InChI is InChI=1S/C10H12N2O/c1-4-8(2)13-10-5-9(11-3)6-12-7-10/h1,5-8,11H,2-3H3. The smallest absolute Gasteiger partial charge is 0.156 e. The Kier molecular flexibility index (Phi) is 3.15. The Morgan fingerprint density at radius 2 is 2.38 bits per heavy atom. The molecule has 3 nitrogen and oxygen atoms in total. The molecule has 0 radical (unpaired) electrons. The molecule has 3 heteroatoms. The molecule has 0 fully saturated rings. The number of pyridine rings is 1. The van der Waals surface area contributed by atoms with Crippen molar-refractivity contribution in [1.29, 1.82) is 0 Å². The molecule has 0 saturated heterocycles. The van der Waals surface area contributed by atoms with E-state index in [-0.39, 0.29) is 6.10 Å². The maximum Gasteiger partial charge on any atom is 0.156 e. The number of rotatable bonds is 3. The predicted molar refractivity (Wildman–Crippen MR) is 52.7 cm³/mol. The molecule has 0 aromatic carbocycles. The molecule has 1 unspecified atom stereocenters. The highest BCUT2D eigenvalue weighted by Gasteiger charge is 2.00. The number of hydrogen-bond acceptors (Lipinski definition) is 3. The predicted octanol–water partition coefficient (Wildman–Crippen LogP) is 1.52. The normalized spacial score (nSPS) is 11.5. The summed E-state index contributed by atoms with van der Waals surface area (Å²) in [6, 6.07) is 1.85. The van der Waals surface area contributed by atoms with E-state index >= 15 is 0 Å². The Balaban J connectivity index is 2.73. The topological polar surface area (TPSA) is 34.1 Å². The lowest BCUT2D eigenvalue weighted by Gasteiger charge is -2.09. The molecule has 0 aliphatic heterocycles.